The number of halogens is 21. The number of hydrogen-bond acceptors (Lipinski definition) is 6. The maximum absolute atomic E-state index is 13.7. The van der Waals surface area contributed by atoms with Crippen molar-refractivity contribution in [3.63, 3.8) is 0 Å². The molecule has 6 aliphatic rings. The Morgan fingerprint density at radius 1 is 0.371 bits per heavy atom. The van der Waals surface area contributed by atoms with Crippen LogP contribution < -0.4 is 0 Å². The number of carbonyl (C=O) groups is 3. The molecule has 0 saturated heterocycles. The number of ketones is 3. The van der Waals surface area contributed by atoms with Crippen molar-refractivity contribution in [3.8, 4) is 0 Å². The Morgan fingerprint density at radius 2 is 0.529 bits per heavy atom. The fourth-order valence-corrected chi connectivity index (χ4v) is 10.9. The zero-order valence-corrected chi connectivity index (χ0v) is 41.8. The maximum Gasteiger partial charge on any atom is 0.460 e. The zero-order valence-electron chi connectivity index (χ0n) is 38.1. The molecule has 1 radical (unpaired) electrons. The van der Waals surface area contributed by atoms with Gasteiger partial charge in [0.25, 0.3) is 0 Å². The molecule has 0 aromatic rings. The quantitative estimate of drug-likeness (QED) is 0.139. The molecule has 0 amide bonds. The van der Waals surface area contributed by atoms with Gasteiger partial charge in [-0.2, -0.15) is 92.2 Å². The summed E-state index contributed by atoms with van der Waals surface area (Å²) in [7, 11) is 0. The Labute approximate surface area is 417 Å². The average Bonchev–Trinajstić information content (AvgIpc) is 3.79. The van der Waals surface area contributed by atoms with Crippen LogP contribution in [-0.2, 0) is 14.4 Å². The number of carbonyl (C=O) groups excluding carboxylic acids is 3. The van der Waals surface area contributed by atoms with E-state index in [0.29, 0.717) is 19.3 Å². The summed E-state index contributed by atoms with van der Waals surface area (Å²) in [5.41, 5.74) is -9.29. The third kappa shape index (κ3) is 7.84. The summed E-state index contributed by atoms with van der Waals surface area (Å²) in [6.07, 6.45) is -18.3. The summed E-state index contributed by atoms with van der Waals surface area (Å²) in [6.45, 7) is 13.6. The first-order valence-corrected chi connectivity index (χ1v) is 20.5. The van der Waals surface area contributed by atoms with Gasteiger partial charge in [0.1, 0.15) is 0 Å². The van der Waals surface area contributed by atoms with Crippen molar-refractivity contribution in [3.05, 3.63) is 34.0 Å². The van der Waals surface area contributed by atoms with Gasteiger partial charge >= 0.3 is 54.1 Å². The Bertz CT molecular complexity index is 2020. The Balaban J connectivity index is 0.000000276. The Kier molecular flexibility index (Phi) is 15.0. The monoisotopic (exact) mass is 1190 g/mol. The van der Waals surface area contributed by atoms with Gasteiger partial charge in [0.2, 0.25) is 0 Å². The second-order valence-electron chi connectivity index (χ2n) is 20.6. The van der Waals surface area contributed by atoms with Gasteiger partial charge in [-0.25, -0.2) is 0 Å². The van der Waals surface area contributed by atoms with E-state index in [1.54, 1.807) is 41.5 Å². The summed E-state index contributed by atoms with van der Waals surface area (Å²) in [4.78, 5) is 36.9. The first-order valence-electron chi connectivity index (χ1n) is 20.5. The normalized spacial score (nSPS) is 32.8. The number of alkyl halides is 21. The van der Waals surface area contributed by atoms with Gasteiger partial charge in [-0.1, -0.05) is 62.3 Å². The average molecular weight is 1190 g/mol. The van der Waals surface area contributed by atoms with E-state index in [0.717, 1.165) is 0 Å². The summed E-state index contributed by atoms with van der Waals surface area (Å²) >= 11 is 0. The largest absolute Gasteiger partial charge is 0.506 e. The molecule has 0 spiro atoms. The SMILES string of the molecule is CC1(C)C2CC[C@@]1(C)C(=O)/C2=C(/O)C(F)(F)C(F)(F)C(F)(F)F.CC1(C)C2CC[C@@]1(C)C(=O)/C2=C(/O)C(F)(F)C(F)(F)C(F)(F)F.CC1(C)C2CC[C@@]1(C)C(=O)/C2=C(\O)C(F)(F)C(F)(F)C(F)(F)F.[Pr]. The molecule has 0 aliphatic heterocycles. The van der Waals surface area contributed by atoms with Crippen LogP contribution >= 0.6 is 0 Å². The second kappa shape index (κ2) is 17.0. The standard InChI is InChI=1S/3C14H15F7O2.Pr/c3*1-10(2)6-4-5-11(10,3)8(22)7(6)9(23)12(15,16)13(17,18)14(19,20)21;/h3*6,23H,4-5H2,1-3H3;/b2*9-7+;9-7-;/t3*6?,11-;/m000./s1. The molecule has 6 rings (SSSR count). The number of Topliss-reactive ketones (excluding diaryl/α,β-unsaturated/α-hetero) is 3. The molecule has 0 aromatic carbocycles. The Morgan fingerprint density at radius 3 is 0.643 bits per heavy atom. The fraction of sp³-hybridized carbons (Fsp3) is 0.786. The van der Waals surface area contributed by atoms with E-state index >= 15 is 0 Å². The molecular weight excluding hydrogens is 1140 g/mol. The molecule has 6 fully saturated rings. The van der Waals surface area contributed by atoms with Crippen LogP contribution in [0.1, 0.15) is 101 Å². The molecule has 28 heteroatoms. The van der Waals surface area contributed by atoms with Gasteiger partial charge in [-0.05, 0) is 72.5 Å². The molecule has 6 aliphatic carbocycles. The summed E-state index contributed by atoms with van der Waals surface area (Å²) in [6, 6.07) is 0. The van der Waals surface area contributed by atoms with Crippen LogP contribution in [0.15, 0.2) is 34.0 Å². The van der Waals surface area contributed by atoms with Gasteiger partial charge in [0, 0.05) is 74.3 Å². The number of hydrogen-bond donors (Lipinski definition) is 3. The van der Waals surface area contributed by atoms with Crippen molar-refractivity contribution in [1.29, 1.82) is 0 Å². The van der Waals surface area contributed by atoms with E-state index in [2.05, 4.69) is 0 Å². The molecule has 6 bridgehead atoms. The number of rotatable bonds is 6. The summed E-state index contributed by atoms with van der Waals surface area (Å²) in [5, 5.41) is 28.6. The van der Waals surface area contributed by atoms with Crippen LogP contribution in [0.3, 0.4) is 0 Å². The van der Waals surface area contributed by atoms with Gasteiger partial charge in [0.15, 0.2) is 34.6 Å². The van der Waals surface area contributed by atoms with E-state index < -0.39 is 156 Å². The van der Waals surface area contributed by atoms with Crippen molar-refractivity contribution in [2.24, 2.45) is 50.2 Å². The zero-order chi connectivity index (χ0) is 54.7. The predicted octanol–water partition coefficient (Wildman–Crippen LogP) is 14.0. The molecule has 399 valence electrons. The van der Waals surface area contributed by atoms with Crippen molar-refractivity contribution < 1.29 is 163 Å². The van der Waals surface area contributed by atoms with E-state index in [1.807, 2.05) is 0 Å². The van der Waals surface area contributed by atoms with Crippen molar-refractivity contribution in [2.75, 3.05) is 0 Å². The number of fused-ring (bicyclic) bond motifs is 6. The van der Waals surface area contributed by atoms with Crippen LogP contribution in [-0.4, -0.2) is 86.7 Å². The molecule has 0 aromatic heterocycles. The van der Waals surface area contributed by atoms with Crippen LogP contribution in [0.2, 0.25) is 0 Å². The first kappa shape index (κ1) is 61.8. The molecular formula is C42H45F21O6Pr. The van der Waals surface area contributed by atoms with Crippen LogP contribution in [0, 0.1) is 91.5 Å². The minimum atomic E-state index is -6.56. The second-order valence-corrected chi connectivity index (χ2v) is 20.6. The minimum Gasteiger partial charge on any atom is -0.506 e. The topological polar surface area (TPSA) is 112 Å². The van der Waals surface area contributed by atoms with Gasteiger partial charge in [-0.15, -0.1) is 0 Å². The van der Waals surface area contributed by atoms with Crippen molar-refractivity contribution in [1.82, 2.24) is 0 Å². The molecule has 6 saturated carbocycles. The van der Waals surface area contributed by atoms with E-state index in [4.69, 9.17) is 0 Å². The predicted molar refractivity (Wildman–Crippen MR) is 196 cm³/mol. The summed E-state index contributed by atoms with van der Waals surface area (Å²) < 4.78 is 271. The number of aliphatic hydroxyl groups excluding tert-OH is 3. The third-order valence-corrected chi connectivity index (χ3v) is 16.9. The first-order chi connectivity index (χ1) is 30.1. The fourth-order valence-electron chi connectivity index (χ4n) is 10.9. The van der Waals surface area contributed by atoms with E-state index in [9.17, 15) is 122 Å². The van der Waals surface area contributed by atoms with Gasteiger partial charge in [0.05, 0.1) is 0 Å². The Hall–Kier alpha value is -2.48. The number of aliphatic hydroxyl groups is 3. The maximum atomic E-state index is 13.7. The molecule has 6 atom stereocenters. The molecule has 3 N–H and O–H groups in total. The molecule has 70 heavy (non-hydrogen) atoms. The molecule has 3 unspecified atom stereocenters. The van der Waals surface area contributed by atoms with Crippen molar-refractivity contribution in [2.45, 2.75) is 155 Å². The van der Waals surface area contributed by atoms with E-state index in [1.165, 1.54) is 20.8 Å². The molecule has 6 nitrogen and oxygen atoms in total. The van der Waals surface area contributed by atoms with Gasteiger partial charge in [-0.3, -0.25) is 14.4 Å². The third-order valence-electron chi connectivity index (χ3n) is 16.9. The minimum absolute atomic E-state index is 0. The van der Waals surface area contributed by atoms with E-state index in [-0.39, 0.29) is 60.6 Å². The number of allylic oxidation sites excluding steroid dienone is 6. The van der Waals surface area contributed by atoms with Crippen LogP contribution in [0.4, 0.5) is 92.2 Å². The molecule has 0 heterocycles. The summed E-state index contributed by atoms with van der Waals surface area (Å²) in [5.74, 6) is -50.5. The van der Waals surface area contributed by atoms with Crippen LogP contribution in [0.5, 0.6) is 0 Å². The van der Waals surface area contributed by atoms with Crippen LogP contribution in [0.25, 0.3) is 0 Å². The van der Waals surface area contributed by atoms with Crippen molar-refractivity contribution >= 4 is 17.3 Å². The van der Waals surface area contributed by atoms with Gasteiger partial charge < -0.3 is 15.3 Å². The smallest absolute Gasteiger partial charge is 0.460 e.